The number of rotatable bonds is 0. The highest BCUT2D eigenvalue weighted by molar-refractivity contribution is 7.13. The van der Waals surface area contributed by atoms with E-state index in [1.807, 2.05) is 25.1 Å². The summed E-state index contributed by atoms with van der Waals surface area (Å²) in [7, 11) is 0. The van der Waals surface area contributed by atoms with Gasteiger partial charge >= 0.3 is 0 Å². The number of fused-ring (bicyclic) bond motifs is 1. The van der Waals surface area contributed by atoms with Crippen molar-refractivity contribution >= 4 is 21.6 Å². The Labute approximate surface area is 67.6 Å². The molecule has 0 spiro atoms. The van der Waals surface area contributed by atoms with Crippen LogP contribution < -0.4 is 5.56 Å². The number of hydrogen-bond donors (Lipinski definition) is 1. The van der Waals surface area contributed by atoms with Crippen LogP contribution >= 0.6 is 11.5 Å². The zero-order valence-corrected chi connectivity index (χ0v) is 6.87. The molecule has 0 unspecified atom stereocenters. The third-order valence-corrected chi connectivity index (χ3v) is 2.56. The van der Waals surface area contributed by atoms with Crippen molar-refractivity contribution in [3.05, 3.63) is 34.1 Å². The monoisotopic (exact) mass is 165 g/mol. The van der Waals surface area contributed by atoms with Gasteiger partial charge in [-0.3, -0.25) is 9.17 Å². The first-order chi connectivity index (χ1) is 5.29. The van der Waals surface area contributed by atoms with Gasteiger partial charge in [0.05, 0.1) is 10.1 Å². The van der Waals surface area contributed by atoms with Gasteiger partial charge in [-0.2, -0.15) is 0 Å². The zero-order chi connectivity index (χ0) is 7.84. The maximum absolute atomic E-state index is 11.2. The van der Waals surface area contributed by atoms with Crippen molar-refractivity contribution in [2.24, 2.45) is 0 Å². The summed E-state index contributed by atoms with van der Waals surface area (Å²) in [5.41, 5.74) is 1.08. The van der Waals surface area contributed by atoms with E-state index in [-0.39, 0.29) is 5.56 Å². The molecule has 0 radical (unpaired) electrons. The van der Waals surface area contributed by atoms with Crippen LogP contribution in [0.3, 0.4) is 0 Å². The summed E-state index contributed by atoms with van der Waals surface area (Å²) in [6.45, 7) is 1.95. The predicted molar refractivity (Wildman–Crippen MR) is 47.2 cm³/mol. The smallest absolute Gasteiger partial charge is 0.266 e. The first-order valence-corrected chi connectivity index (χ1v) is 4.17. The Balaban J connectivity index is 3.08. The molecule has 0 saturated carbocycles. The van der Waals surface area contributed by atoms with Crippen LogP contribution in [0.15, 0.2) is 23.0 Å². The quantitative estimate of drug-likeness (QED) is 0.635. The van der Waals surface area contributed by atoms with Crippen LogP contribution in [0.4, 0.5) is 0 Å². The Morgan fingerprint density at radius 2 is 2.27 bits per heavy atom. The maximum atomic E-state index is 11.2. The highest BCUT2D eigenvalue weighted by Crippen LogP contribution is 2.16. The summed E-state index contributed by atoms with van der Waals surface area (Å²) in [5.74, 6) is 0. The molecule has 0 amide bonds. The van der Waals surface area contributed by atoms with Crippen LogP contribution in [0.25, 0.3) is 10.1 Å². The summed E-state index contributed by atoms with van der Waals surface area (Å²) in [4.78, 5) is 11.2. The average Bonchev–Trinajstić information content (AvgIpc) is 2.34. The molecule has 11 heavy (non-hydrogen) atoms. The lowest BCUT2D eigenvalue weighted by Crippen LogP contribution is -1.97. The predicted octanol–water partition coefficient (Wildman–Crippen LogP) is 1.90. The van der Waals surface area contributed by atoms with Crippen molar-refractivity contribution in [3.8, 4) is 0 Å². The van der Waals surface area contributed by atoms with E-state index in [4.69, 9.17) is 0 Å². The summed E-state index contributed by atoms with van der Waals surface area (Å²) in [6, 6.07) is 5.86. The van der Waals surface area contributed by atoms with E-state index < -0.39 is 0 Å². The number of aromatic amines is 1. The largest absolute Gasteiger partial charge is 0.277 e. The third kappa shape index (κ3) is 0.886. The standard InChI is InChI=1S/C8H7NOS/c1-5-3-2-4-6-7(5)8(10)9-11-6/h2-4H,1H3,(H,9,10). The zero-order valence-electron chi connectivity index (χ0n) is 6.05. The maximum Gasteiger partial charge on any atom is 0.266 e. The number of nitrogens with one attached hydrogen (secondary N) is 1. The Bertz CT molecular complexity index is 441. The molecular formula is C8H7NOS. The average molecular weight is 165 g/mol. The van der Waals surface area contributed by atoms with Crippen LogP contribution in [0.5, 0.6) is 0 Å². The fraction of sp³-hybridized carbons (Fsp3) is 0.125. The molecule has 2 aromatic rings. The minimum atomic E-state index is 0.0306. The minimum absolute atomic E-state index is 0.0306. The van der Waals surface area contributed by atoms with E-state index >= 15 is 0 Å². The molecule has 0 aliphatic carbocycles. The van der Waals surface area contributed by atoms with Gasteiger partial charge in [0.15, 0.2) is 0 Å². The van der Waals surface area contributed by atoms with Crippen LogP contribution in [0, 0.1) is 6.92 Å². The molecular weight excluding hydrogens is 158 g/mol. The van der Waals surface area contributed by atoms with Gasteiger partial charge in [0.25, 0.3) is 5.56 Å². The lowest BCUT2D eigenvalue weighted by Gasteiger charge is -1.89. The van der Waals surface area contributed by atoms with E-state index in [0.29, 0.717) is 0 Å². The van der Waals surface area contributed by atoms with Gasteiger partial charge in [-0.15, -0.1) is 0 Å². The molecule has 1 aromatic heterocycles. The van der Waals surface area contributed by atoms with Crippen LogP contribution in [-0.4, -0.2) is 4.37 Å². The van der Waals surface area contributed by atoms with Crippen LogP contribution in [0.1, 0.15) is 5.56 Å². The SMILES string of the molecule is Cc1cccc2s[nH]c(=O)c12. The molecule has 1 heterocycles. The molecule has 0 aliphatic rings. The molecule has 0 aliphatic heterocycles. The van der Waals surface area contributed by atoms with Crippen LogP contribution in [-0.2, 0) is 0 Å². The molecule has 3 heteroatoms. The van der Waals surface area contributed by atoms with Gasteiger partial charge in [-0.1, -0.05) is 23.7 Å². The van der Waals surface area contributed by atoms with Gasteiger partial charge in [0.2, 0.25) is 0 Å². The molecule has 1 N–H and O–H groups in total. The fourth-order valence-electron chi connectivity index (χ4n) is 1.17. The Morgan fingerprint density at radius 1 is 1.45 bits per heavy atom. The molecule has 2 rings (SSSR count). The van der Waals surface area contributed by atoms with Crippen LogP contribution in [0.2, 0.25) is 0 Å². The van der Waals surface area contributed by atoms with E-state index in [9.17, 15) is 4.79 Å². The summed E-state index contributed by atoms with van der Waals surface area (Å²) in [5, 5.41) is 0.831. The second-order valence-corrected chi connectivity index (χ2v) is 3.33. The molecule has 1 aromatic carbocycles. The van der Waals surface area contributed by atoms with Crippen molar-refractivity contribution in [1.82, 2.24) is 4.37 Å². The number of H-pyrrole nitrogens is 1. The normalized spacial score (nSPS) is 10.6. The second kappa shape index (κ2) is 2.20. The van der Waals surface area contributed by atoms with Gasteiger partial charge in [-0.05, 0) is 18.6 Å². The highest BCUT2D eigenvalue weighted by Gasteiger charge is 2.01. The lowest BCUT2D eigenvalue weighted by atomic mass is 10.2. The molecule has 0 bridgehead atoms. The first-order valence-electron chi connectivity index (χ1n) is 3.36. The molecule has 0 fully saturated rings. The summed E-state index contributed by atoms with van der Waals surface area (Å²) in [6.07, 6.45) is 0. The highest BCUT2D eigenvalue weighted by atomic mass is 32.1. The van der Waals surface area contributed by atoms with Gasteiger partial charge in [0, 0.05) is 0 Å². The van der Waals surface area contributed by atoms with Crippen molar-refractivity contribution in [3.63, 3.8) is 0 Å². The van der Waals surface area contributed by atoms with E-state index in [1.165, 1.54) is 11.5 Å². The fourth-order valence-corrected chi connectivity index (χ4v) is 1.98. The first kappa shape index (κ1) is 6.61. The summed E-state index contributed by atoms with van der Waals surface area (Å²) >= 11 is 1.39. The minimum Gasteiger partial charge on any atom is -0.277 e. The van der Waals surface area contributed by atoms with Gasteiger partial charge in [-0.25, -0.2) is 0 Å². The Morgan fingerprint density at radius 3 is 3.00 bits per heavy atom. The number of benzene rings is 1. The third-order valence-electron chi connectivity index (χ3n) is 1.72. The Kier molecular flexibility index (Phi) is 1.32. The van der Waals surface area contributed by atoms with E-state index in [1.54, 1.807) is 0 Å². The van der Waals surface area contributed by atoms with Crippen molar-refractivity contribution in [2.75, 3.05) is 0 Å². The van der Waals surface area contributed by atoms with Crippen molar-refractivity contribution in [2.45, 2.75) is 6.92 Å². The van der Waals surface area contributed by atoms with Crippen molar-refractivity contribution in [1.29, 1.82) is 0 Å². The molecule has 0 atom stereocenters. The van der Waals surface area contributed by atoms with E-state index in [2.05, 4.69) is 4.37 Å². The number of aryl methyl sites for hydroxylation is 1. The molecule has 0 saturated heterocycles. The van der Waals surface area contributed by atoms with Crippen molar-refractivity contribution < 1.29 is 0 Å². The Hall–Kier alpha value is -1.09. The second-order valence-electron chi connectivity index (χ2n) is 2.48. The van der Waals surface area contributed by atoms with Gasteiger partial charge in [0.1, 0.15) is 0 Å². The molecule has 2 nitrogen and oxygen atoms in total. The van der Waals surface area contributed by atoms with E-state index in [0.717, 1.165) is 15.6 Å². The number of hydrogen-bond acceptors (Lipinski definition) is 2. The number of aromatic nitrogens is 1. The van der Waals surface area contributed by atoms with Gasteiger partial charge < -0.3 is 0 Å². The topological polar surface area (TPSA) is 32.9 Å². The lowest BCUT2D eigenvalue weighted by molar-refractivity contribution is 1.43. The molecule has 56 valence electrons. The summed E-state index contributed by atoms with van der Waals surface area (Å²) < 4.78 is 3.74.